The van der Waals surface area contributed by atoms with E-state index >= 15 is 0 Å². The van der Waals surface area contributed by atoms with Gasteiger partial charge in [-0.25, -0.2) is 0 Å². The molecule has 0 aromatic heterocycles. The van der Waals surface area contributed by atoms with Crippen molar-refractivity contribution in [2.75, 3.05) is 31.5 Å². The van der Waals surface area contributed by atoms with Crippen molar-refractivity contribution in [2.24, 2.45) is 0 Å². The van der Waals surface area contributed by atoms with Gasteiger partial charge < -0.3 is 10.6 Å². The summed E-state index contributed by atoms with van der Waals surface area (Å²) in [6.45, 7) is 11.3. The van der Waals surface area contributed by atoms with Crippen molar-refractivity contribution in [3.8, 4) is 0 Å². The summed E-state index contributed by atoms with van der Waals surface area (Å²) in [4.78, 5) is 2.65. The van der Waals surface area contributed by atoms with Crippen LogP contribution in [-0.2, 0) is 0 Å². The van der Waals surface area contributed by atoms with Crippen LogP contribution in [0.2, 0.25) is 0 Å². The van der Waals surface area contributed by atoms with E-state index in [0.29, 0.717) is 12.1 Å². The predicted molar refractivity (Wildman–Crippen MR) is 80.8 cm³/mol. The lowest BCUT2D eigenvalue weighted by atomic mass is 9.88. The van der Waals surface area contributed by atoms with E-state index in [4.69, 9.17) is 0 Å². The smallest absolute Gasteiger partial charge is 0.0423 e. The number of anilines is 1. The van der Waals surface area contributed by atoms with Gasteiger partial charge in [0.2, 0.25) is 0 Å². The molecule has 19 heavy (non-hydrogen) atoms. The fraction of sp³-hybridized carbons (Fsp3) is 0.625. The largest absolute Gasteiger partial charge is 0.382 e. The zero-order valence-corrected chi connectivity index (χ0v) is 12.3. The molecule has 1 aromatic carbocycles. The van der Waals surface area contributed by atoms with E-state index in [1.54, 1.807) is 0 Å². The van der Waals surface area contributed by atoms with E-state index in [0.717, 1.165) is 13.1 Å². The molecule has 1 fully saturated rings. The number of hydrogen-bond acceptors (Lipinski definition) is 3. The molecule has 0 amide bonds. The Morgan fingerprint density at radius 2 is 1.89 bits per heavy atom. The number of nitrogens with one attached hydrogen (secondary N) is 2. The molecule has 2 N–H and O–H groups in total. The van der Waals surface area contributed by atoms with Crippen molar-refractivity contribution in [1.29, 1.82) is 0 Å². The maximum atomic E-state index is 3.70. The average molecular weight is 259 g/mol. The van der Waals surface area contributed by atoms with Crippen LogP contribution in [0.5, 0.6) is 0 Å². The van der Waals surface area contributed by atoms with Crippen molar-refractivity contribution in [3.05, 3.63) is 28.8 Å². The Hall–Kier alpha value is -1.06. The van der Waals surface area contributed by atoms with Gasteiger partial charge in [0.25, 0.3) is 0 Å². The number of piperazine rings is 1. The first kappa shape index (κ1) is 12.9. The maximum absolute atomic E-state index is 3.70. The Kier molecular flexibility index (Phi) is 3.50. The van der Waals surface area contributed by atoms with Crippen LogP contribution in [0.3, 0.4) is 0 Å². The Morgan fingerprint density at radius 1 is 1.16 bits per heavy atom. The second kappa shape index (κ2) is 5.14. The van der Waals surface area contributed by atoms with Crippen LogP contribution in [0.15, 0.2) is 12.1 Å². The molecule has 2 atom stereocenters. The monoisotopic (exact) mass is 259 g/mol. The maximum Gasteiger partial charge on any atom is 0.0423 e. The van der Waals surface area contributed by atoms with Crippen molar-refractivity contribution in [1.82, 2.24) is 10.2 Å². The molecule has 3 heteroatoms. The zero-order valence-electron chi connectivity index (χ0n) is 12.3. The number of benzene rings is 1. The summed E-state index contributed by atoms with van der Waals surface area (Å²) in [6, 6.07) is 5.77. The van der Waals surface area contributed by atoms with Crippen LogP contribution in [0.1, 0.15) is 36.1 Å². The van der Waals surface area contributed by atoms with Crippen molar-refractivity contribution >= 4 is 5.69 Å². The average Bonchev–Trinajstić information content (AvgIpc) is 2.44. The summed E-state index contributed by atoms with van der Waals surface area (Å²) in [7, 11) is 0. The van der Waals surface area contributed by atoms with Gasteiger partial charge in [0.1, 0.15) is 0 Å². The lowest BCUT2D eigenvalue weighted by Gasteiger charge is -2.41. The molecule has 2 aliphatic heterocycles. The number of aryl methyl sites for hydroxylation is 1. The predicted octanol–water partition coefficient (Wildman–Crippen LogP) is 2.45. The molecule has 0 aliphatic carbocycles. The molecule has 1 aromatic rings. The van der Waals surface area contributed by atoms with Crippen LogP contribution in [0, 0.1) is 13.8 Å². The Morgan fingerprint density at radius 3 is 2.63 bits per heavy atom. The Balaban J connectivity index is 1.97. The fourth-order valence-electron chi connectivity index (χ4n) is 3.41. The van der Waals surface area contributed by atoms with E-state index in [1.807, 2.05) is 0 Å². The summed E-state index contributed by atoms with van der Waals surface area (Å²) >= 11 is 0. The minimum Gasteiger partial charge on any atom is -0.382 e. The van der Waals surface area contributed by atoms with E-state index in [9.17, 15) is 0 Å². The van der Waals surface area contributed by atoms with Gasteiger partial charge in [0.15, 0.2) is 0 Å². The summed E-state index contributed by atoms with van der Waals surface area (Å²) in [6.07, 6.45) is 1.22. The standard InChI is InChI=1S/C16H25N3/c1-11-4-5-14-15(19-8-6-17-7-9-19)10-12(2)18-16(14)13(11)3/h4-5,12,15,17-18H,6-10H2,1-3H3. The molecule has 2 unspecified atom stereocenters. The van der Waals surface area contributed by atoms with Crippen LogP contribution in [-0.4, -0.2) is 37.1 Å². The lowest BCUT2D eigenvalue weighted by Crippen LogP contribution is -2.47. The third-order valence-corrected chi connectivity index (χ3v) is 4.69. The van der Waals surface area contributed by atoms with Crippen molar-refractivity contribution in [2.45, 2.75) is 39.3 Å². The van der Waals surface area contributed by atoms with E-state index in [-0.39, 0.29) is 0 Å². The van der Waals surface area contributed by atoms with Gasteiger partial charge in [0, 0.05) is 44.0 Å². The van der Waals surface area contributed by atoms with Crippen LogP contribution < -0.4 is 10.6 Å². The van der Waals surface area contributed by atoms with E-state index in [1.165, 1.54) is 41.9 Å². The van der Waals surface area contributed by atoms with Gasteiger partial charge in [-0.15, -0.1) is 0 Å². The molecule has 1 saturated heterocycles. The molecule has 0 spiro atoms. The van der Waals surface area contributed by atoms with Crippen molar-refractivity contribution < 1.29 is 0 Å². The zero-order chi connectivity index (χ0) is 13.4. The molecule has 0 radical (unpaired) electrons. The minimum atomic E-state index is 0.563. The number of nitrogens with zero attached hydrogens (tertiary/aromatic N) is 1. The second-order valence-corrected chi connectivity index (χ2v) is 6.05. The summed E-state index contributed by atoms with van der Waals surface area (Å²) in [5, 5.41) is 7.15. The highest BCUT2D eigenvalue weighted by atomic mass is 15.2. The Labute approximate surface area is 116 Å². The molecule has 0 saturated carbocycles. The number of hydrogen-bond donors (Lipinski definition) is 2. The summed E-state index contributed by atoms with van der Waals surface area (Å²) in [5.74, 6) is 0. The first-order valence-electron chi connectivity index (χ1n) is 7.48. The van der Waals surface area contributed by atoms with E-state index in [2.05, 4.69) is 48.4 Å². The van der Waals surface area contributed by atoms with Crippen LogP contribution in [0.25, 0.3) is 0 Å². The van der Waals surface area contributed by atoms with Gasteiger partial charge >= 0.3 is 0 Å². The number of fused-ring (bicyclic) bond motifs is 1. The molecule has 104 valence electrons. The van der Waals surface area contributed by atoms with E-state index < -0.39 is 0 Å². The van der Waals surface area contributed by atoms with Crippen LogP contribution in [0.4, 0.5) is 5.69 Å². The number of rotatable bonds is 1. The Bertz CT molecular complexity index is 463. The first-order chi connectivity index (χ1) is 9.16. The van der Waals surface area contributed by atoms with Gasteiger partial charge in [-0.3, -0.25) is 4.90 Å². The molecule has 0 bridgehead atoms. The highest BCUT2D eigenvalue weighted by Gasteiger charge is 2.30. The summed E-state index contributed by atoms with van der Waals surface area (Å²) in [5.41, 5.74) is 5.70. The highest BCUT2D eigenvalue weighted by molar-refractivity contribution is 5.63. The first-order valence-corrected chi connectivity index (χ1v) is 7.48. The quantitative estimate of drug-likeness (QED) is 0.811. The topological polar surface area (TPSA) is 27.3 Å². The highest BCUT2D eigenvalue weighted by Crippen LogP contribution is 2.39. The molecular formula is C16H25N3. The third kappa shape index (κ3) is 2.37. The summed E-state index contributed by atoms with van der Waals surface area (Å²) < 4.78 is 0. The van der Waals surface area contributed by atoms with Crippen molar-refractivity contribution in [3.63, 3.8) is 0 Å². The minimum absolute atomic E-state index is 0.563. The molecule has 3 nitrogen and oxygen atoms in total. The normalized spacial score (nSPS) is 27.7. The molecule has 2 heterocycles. The van der Waals surface area contributed by atoms with Crippen LogP contribution >= 0.6 is 0 Å². The molecular weight excluding hydrogens is 234 g/mol. The molecule has 2 aliphatic rings. The van der Waals surface area contributed by atoms with Gasteiger partial charge in [-0.05, 0) is 43.9 Å². The SMILES string of the molecule is Cc1ccc2c(c1C)NC(C)CC2N1CCNCC1. The third-order valence-electron chi connectivity index (χ3n) is 4.69. The molecule has 3 rings (SSSR count). The second-order valence-electron chi connectivity index (χ2n) is 6.05. The van der Waals surface area contributed by atoms with Gasteiger partial charge in [-0.2, -0.15) is 0 Å². The lowest BCUT2D eigenvalue weighted by molar-refractivity contribution is 0.159. The van der Waals surface area contributed by atoms with Gasteiger partial charge in [-0.1, -0.05) is 12.1 Å². The fourth-order valence-corrected chi connectivity index (χ4v) is 3.41. The van der Waals surface area contributed by atoms with Gasteiger partial charge in [0.05, 0.1) is 0 Å².